The molecule has 29 heavy (non-hydrogen) atoms. The summed E-state index contributed by atoms with van der Waals surface area (Å²) in [6.45, 7) is 6.07. The first-order valence-corrected chi connectivity index (χ1v) is 10.4. The van der Waals surface area contributed by atoms with Crippen LogP contribution in [-0.4, -0.2) is 61.6 Å². The van der Waals surface area contributed by atoms with Crippen molar-refractivity contribution < 1.29 is 28.9 Å². The minimum absolute atomic E-state index is 0.298. The van der Waals surface area contributed by atoms with E-state index in [1.54, 1.807) is 11.8 Å². The molecule has 1 unspecified atom stereocenters. The number of aliphatic carboxylic acids is 1. The fourth-order valence-electron chi connectivity index (χ4n) is 2.95. The Balaban J connectivity index is 2.40. The normalized spacial score (nSPS) is 11.7. The third-order valence-corrected chi connectivity index (χ3v) is 4.54. The number of carboxylic acid groups (broad SMARTS) is 1. The van der Waals surface area contributed by atoms with Gasteiger partial charge in [-0.2, -0.15) is 0 Å². The zero-order valence-electron chi connectivity index (χ0n) is 17.9. The van der Waals surface area contributed by atoms with Crippen LogP contribution < -0.4 is 4.74 Å². The highest BCUT2D eigenvalue weighted by Crippen LogP contribution is 2.15. The van der Waals surface area contributed by atoms with Crippen LogP contribution in [0.25, 0.3) is 0 Å². The highest BCUT2D eigenvalue weighted by Gasteiger charge is 2.18. The molecule has 0 saturated heterocycles. The van der Waals surface area contributed by atoms with Gasteiger partial charge in [0.05, 0.1) is 13.7 Å². The van der Waals surface area contributed by atoms with E-state index in [0.717, 1.165) is 24.8 Å². The van der Waals surface area contributed by atoms with E-state index in [4.69, 9.17) is 19.3 Å². The summed E-state index contributed by atoms with van der Waals surface area (Å²) in [4.78, 5) is 24.8. The van der Waals surface area contributed by atoms with Gasteiger partial charge in [-0.25, -0.2) is 9.59 Å². The van der Waals surface area contributed by atoms with Crippen LogP contribution in [-0.2, 0) is 20.7 Å². The molecule has 0 aliphatic heterocycles. The van der Waals surface area contributed by atoms with E-state index in [-0.39, 0.29) is 6.09 Å². The van der Waals surface area contributed by atoms with Gasteiger partial charge < -0.3 is 24.2 Å². The minimum atomic E-state index is -0.961. The molecule has 0 heterocycles. The SMILES string of the molecule is CCCCCCN(CCCOc1ccc(CC(OCC)C(=O)O)cc1)C(=O)OC. The van der Waals surface area contributed by atoms with Gasteiger partial charge in [0.2, 0.25) is 0 Å². The van der Waals surface area contributed by atoms with Gasteiger partial charge in [-0.1, -0.05) is 38.3 Å². The van der Waals surface area contributed by atoms with Gasteiger partial charge in [-0.15, -0.1) is 0 Å². The smallest absolute Gasteiger partial charge is 0.409 e. The molecule has 0 aliphatic carbocycles. The summed E-state index contributed by atoms with van der Waals surface area (Å²) in [7, 11) is 1.40. The molecule has 1 aromatic carbocycles. The lowest BCUT2D eigenvalue weighted by molar-refractivity contribution is -0.149. The summed E-state index contributed by atoms with van der Waals surface area (Å²) in [5.41, 5.74) is 0.877. The number of amides is 1. The largest absolute Gasteiger partial charge is 0.494 e. The maximum absolute atomic E-state index is 11.9. The molecule has 0 radical (unpaired) electrons. The molecule has 164 valence electrons. The first-order valence-electron chi connectivity index (χ1n) is 10.4. The monoisotopic (exact) mass is 409 g/mol. The second-order valence-electron chi connectivity index (χ2n) is 6.85. The maximum Gasteiger partial charge on any atom is 0.409 e. The number of unbranched alkanes of at least 4 members (excludes halogenated alkanes) is 3. The van der Waals surface area contributed by atoms with Gasteiger partial charge in [0.1, 0.15) is 5.75 Å². The summed E-state index contributed by atoms with van der Waals surface area (Å²) in [5.74, 6) is -0.248. The van der Waals surface area contributed by atoms with Crippen LogP contribution in [0.15, 0.2) is 24.3 Å². The van der Waals surface area contributed by atoms with Crippen LogP contribution in [0.2, 0.25) is 0 Å². The first kappa shape index (κ1) is 24.8. The van der Waals surface area contributed by atoms with Crippen molar-refractivity contribution >= 4 is 12.1 Å². The van der Waals surface area contributed by atoms with E-state index in [1.165, 1.54) is 13.5 Å². The molecule has 0 fully saturated rings. The number of ether oxygens (including phenoxy) is 3. The number of carbonyl (C=O) groups is 2. The number of methoxy groups -OCH3 is 1. The van der Waals surface area contributed by atoms with Crippen molar-refractivity contribution in [2.45, 2.75) is 58.5 Å². The van der Waals surface area contributed by atoms with Crippen LogP contribution in [0.1, 0.15) is 51.5 Å². The Morgan fingerprint density at radius 2 is 1.72 bits per heavy atom. The standard InChI is InChI=1S/C22H35NO6/c1-4-6-7-8-14-23(22(26)27-3)15-9-16-29-19-12-10-18(11-13-19)17-20(21(24)25)28-5-2/h10-13,20H,4-9,14-17H2,1-3H3,(H,24,25). The van der Waals surface area contributed by atoms with Crippen LogP contribution in [0.3, 0.4) is 0 Å². The van der Waals surface area contributed by atoms with Crippen LogP contribution in [0.5, 0.6) is 5.75 Å². The summed E-state index contributed by atoms with van der Waals surface area (Å²) in [6.07, 6.45) is 4.30. The number of rotatable bonds is 15. The van der Waals surface area contributed by atoms with E-state index >= 15 is 0 Å². The fourth-order valence-corrected chi connectivity index (χ4v) is 2.95. The minimum Gasteiger partial charge on any atom is -0.494 e. The predicted molar refractivity (Wildman–Crippen MR) is 111 cm³/mol. The molecule has 7 nitrogen and oxygen atoms in total. The molecule has 1 rings (SSSR count). The predicted octanol–water partition coefficient (Wildman–Crippen LogP) is 4.14. The van der Waals surface area contributed by atoms with Crippen molar-refractivity contribution in [1.29, 1.82) is 0 Å². The van der Waals surface area contributed by atoms with Gasteiger partial charge in [-0.3, -0.25) is 0 Å². The summed E-state index contributed by atoms with van der Waals surface area (Å²) >= 11 is 0. The summed E-state index contributed by atoms with van der Waals surface area (Å²) < 4.78 is 15.8. The number of carbonyl (C=O) groups excluding carboxylic acids is 1. The molecular weight excluding hydrogens is 374 g/mol. The second kappa shape index (κ2) is 14.7. The molecule has 0 bridgehead atoms. The molecule has 1 aromatic rings. The van der Waals surface area contributed by atoms with Crippen molar-refractivity contribution in [3.8, 4) is 5.75 Å². The van der Waals surface area contributed by atoms with Crippen molar-refractivity contribution in [3.05, 3.63) is 29.8 Å². The lowest BCUT2D eigenvalue weighted by atomic mass is 10.1. The Bertz CT molecular complexity index is 589. The van der Waals surface area contributed by atoms with E-state index in [1.807, 2.05) is 24.3 Å². The molecule has 0 saturated carbocycles. The maximum atomic E-state index is 11.9. The van der Waals surface area contributed by atoms with Crippen molar-refractivity contribution in [2.75, 3.05) is 33.4 Å². The molecule has 0 spiro atoms. The fraction of sp³-hybridized carbons (Fsp3) is 0.636. The number of carboxylic acids is 1. The van der Waals surface area contributed by atoms with Gasteiger partial charge in [0.15, 0.2) is 6.10 Å². The Morgan fingerprint density at radius 1 is 1.03 bits per heavy atom. The van der Waals surface area contributed by atoms with Gasteiger partial charge in [0.25, 0.3) is 0 Å². The zero-order chi connectivity index (χ0) is 21.5. The number of benzene rings is 1. The van der Waals surface area contributed by atoms with E-state index in [9.17, 15) is 9.59 Å². The number of nitrogens with zero attached hydrogens (tertiary/aromatic N) is 1. The quantitative estimate of drug-likeness (QED) is 0.438. The average Bonchev–Trinajstić information content (AvgIpc) is 2.72. The van der Waals surface area contributed by atoms with Crippen molar-refractivity contribution in [3.63, 3.8) is 0 Å². The first-order chi connectivity index (χ1) is 14.0. The number of hydrogen-bond donors (Lipinski definition) is 1. The molecule has 0 aliphatic rings. The van der Waals surface area contributed by atoms with Crippen LogP contribution in [0, 0.1) is 0 Å². The topological polar surface area (TPSA) is 85.3 Å². The lowest BCUT2D eigenvalue weighted by Gasteiger charge is -2.21. The third kappa shape index (κ3) is 10.2. The highest BCUT2D eigenvalue weighted by atomic mass is 16.5. The molecule has 0 aromatic heterocycles. The Labute approximate surface area is 173 Å². The molecule has 1 N–H and O–H groups in total. The lowest BCUT2D eigenvalue weighted by Crippen LogP contribution is -2.33. The average molecular weight is 410 g/mol. The summed E-state index contributed by atoms with van der Waals surface area (Å²) in [6, 6.07) is 7.34. The third-order valence-electron chi connectivity index (χ3n) is 4.54. The molecule has 1 amide bonds. The zero-order valence-corrected chi connectivity index (χ0v) is 17.9. The molecule has 7 heteroatoms. The second-order valence-corrected chi connectivity index (χ2v) is 6.85. The van der Waals surface area contributed by atoms with E-state index < -0.39 is 12.1 Å². The van der Waals surface area contributed by atoms with Crippen molar-refractivity contribution in [2.24, 2.45) is 0 Å². The van der Waals surface area contributed by atoms with Crippen LogP contribution in [0.4, 0.5) is 4.79 Å². The molecule has 1 atom stereocenters. The Morgan fingerprint density at radius 3 is 2.31 bits per heavy atom. The van der Waals surface area contributed by atoms with Crippen molar-refractivity contribution in [1.82, 2.24) is 4.90 Å². The van der Waals surface area contributed by atoms with Gasteiger partial charge >= 0.3 is 12.1 Å². The van der Waals surface area contributed by atoms with E-state index in [2.05, 4.69) is 6.92 Å². The van der Waals surface area contributed by atoms with E-state index in [0.29, 0.717) is 44.9 Å². The summed E-state index contributed by atoms with van der Waals surface area (Å²) in [5, 5.41) is 9.16. The van der Waals surface area contributed by atoms with Gasteiger partial charge in [-0.05, 0) is 37.5 Å². The van der Waals surface area contributed by atoms with Crippen LogP contribution >= 0.6 is 0 Å². The number of hydrogen-bond acceptors (Lipinski definition) is 5. The van der Waals surface area contributed by atoms with Gasteiger partial charge in [0, 0.05) is 26.1 Å². The highest BCUT2D eigenvalue weighted by molar-refractivity contribution is 5.72. The Hall–Kier alpha value is -2.28. The molecular formula is C22H35NO6. The Kier molecular flexibility index (Phi) is 12.5.